The van der Waals surface area contributed by atoms with Crippen molar-refractivity contribution >= 4 is 28.8 Å². The highest BCUT2D eigenvalue weighted by Crippen LogP contribution is 2.17. The molecule has 2 heterocycles. The summed E-state index contributed by atoms with van der Waals surface area (Å²) in [4.78, 5) is 21.0. The molecule has 2 aromatic heterocycles. The Morgan fingerprint density at radius 1 is 1.59 bits per heavy atom. The molecule has 4 nitrogen and oxygen atoms in total. The Morgan fingerprint density at radius 2 is 2.41 bits per heavy atom. The van der Waals surface area contributed by atoms with Crippen LogP contribution in [-0.4, -0.2) is 23.6 Å². The summed E-state index contributed by atoms with van der Waals surface area (Å²) >= 11 is 7.62. The van der Waals surface area contributed by atoms with Gasteiger partial charge in [-0.3, -0.25) is 4.79 Å². The van der Waals surface area contributed by atoms with Crippen molar-refractivity contribution in [1.82, 2.24) is 9.97 Å². The van der Waals surface area contributed by atoms with Gasteiger partial charge in [-0.2, -0.15) is 0 Å². The van der Waals surface area contributed by atoms with Crippen LogP contribution in [0.25, 0.3) is 0 Å². The standard InChI is InChI=1S/C11H12ClN3OS/c1-15(5-4-8-3-2-6-17-8)10-9(12)11(16)14-7-13-10/h2-3,6-7H,4-5H2,1H3,(H,13,14,16). The van der Waals surface area contributed by atoms with Gasteiger partial charge in [-0.15, -0.1) is 11.3 Å². The highest BCUT2D eigenvalue weighted by atomic mass is 35.5. The van der Waals surface area contributed by atoms with Gasteiger partial charge in [0.1, 0.15) is 5.02 Å². The van der Waals surface area contributed by atoms with Crippen molar-refractivity contribution in [2.45, 2.75) is 6.42 Å². The van der Waals surface area contributed by atoms with E-state index < -0.39 is 0 Å². The molecular formula is C11H12ClN3OS. The van der Waals surface area contributed by atoms with E-state index in [-0.39, 0.29) is 10.6 Å². The average Bonchev–Trinajstić information content (AvgIpc) is 2.82. The Labute approximate surface area is 108 Å². The van der Waals surface area contributed by atoms with Gasteiger partial charge in [0.15, 0.2) is 5.82 Å². The predicted molar refractivity (Wildman–Crippen MR) is 71.2 cm³/mol. The minimum Gasteiger partial charge on any atom is -0.358 e. The first-order valence-electron chi connectivity index (χ1n) is 5.15. The van der Waals surface area contributed by atoms with E-state index in [1.165, 1.54) is 11.2 Å². The van der Waals surface area contributed by atoms with E-state index in [4.69, 9.17) is 11.6 Å². The molecule has 0 saturated carbocycles. The molecule has 0 aromatic carbocycles. The van der Waals surface area contributed by atoms with Gasteiger partial charge in [-0.05, 0) is 17.9 Å². The first-order chi connectivity index (χ1) is 8.18. The fourth-order valence-corrected chi connectivity index (χ4v) is 2.42. The lowest BCUT2D eigenvalue weighted by Crippen LogP contribution is -2.24. The van der Waals surface area contributed by atoms with Gasteiger partial charge in [0, 0.05) is 18.5 Å². The highest BCUT2D eigenvalue weighted by Gasteiger charge is 2.10. The van der Waals surface area contributed by atoms with Crippen LogP contribution >= 0.6 is 22.9 Å². The van der Waals surface area contributed by atoms with E-state index in [2.05, 4.69) is 16.0 Å². The van der Waals surface area contributed by atoms with Gasteiger partial charge < -0.3 is 9.88 Å². The number of nitrogens with one attached hydrogen (secondary N) is 1. The summed E-state index contributed by atoms with van der Waals surface area (Å²) in [7, 11) is 1.88. The second-order valence-electron chi connectivity index (χ2n) is 3.62. The summed E-state index contributed by atoms with van der Waals surface area (Å²) in [5, 5.41) is 2.19. The number of rotatable bonds is 4. The van der Waals surface area contributed by atoms with E-state index in [1.807, 2.05) is 23.4 Å². The topological polar surface area (TPSA) is 49.0 Å². The van der Waals surface area contributed by atoms with E-state index >= 15 is 0 Å². The smallest absolute Gasteiger partial charge is 0.271 e. The maximum absolute atomic E-state index is 11.3. The number of nitrogens with zero attached hydrogens (tertiary/aromatic N) is 2. The molecule has 0 atom stereocenters. The van der Waals surface area contributed by atoms with Gasteiger partial charge in [0.05, 0.1) is 6.33 Å². The predicted octanol–water partition coefficient (Wildman–Crippen LogP) is 2.16. The molecule has 6 heteroatoms. The van der Waals surface area contributed by atoms with E-state index in [1.54, 1.807) is 11.3 Å². The molecule has 17 heavy (non-hydrogen) atoms. The number of aromatic nitrogens is 2. The van der Waals surface area contributed by atoms with E-state index in [0.29, 0.717) is 5.82 Å². The third-order valence-electron chi connectivity index (χ3n) is 2.41. The number of anilines is 1. The maximum atomic E-state index is 11.3. The molecule has 90 valence electrons. The van der Waals surface area contributed by atoms with Crippen LogP contribution in [0.1, 0.15) is 4.88 Å². The average molecular weight is 270 g/mol. The summed E-state index contributed by atoms with van der Waals surface area (Å²) in [5.41, 5.74) is -0.306. The quantitative estimate of drug-likeness (QED) is 0.925. The van der Waals surface area contributed by atoms with Gasteiger partial charge >= 0.3 is 0 Å². The number of halogens is 1. The summed E-state index contributed by atoms with van der Waals surface area (Å²) in [6, 6.07) is 4.11. The van der Waals surface area contributed by atoms with Crippen LogP contribution in [0.4, 0.5) is 5.82 Å². The molecular weight excluding hydrogens is 258 g/mol. The second kappa shape index (κ2) is 5.33. The van der Waals surface area contributed by atoms with Crippen molar-refractivity contribution in [2.24, 2.45) is 0 Å². The molecule has 0 aliphatic rings. The van der Waals surface area contributed by atoms with Crippen LogP contribution in [0.15, 0.2) is 28.6 Å². The SMILES string of the molecule is CN(CCc1cccs1)c1nc[nH]c(=O)c1Cl. The Balaban J connectivity index is 2.07. The molecule has 2 aromatic rings. The summed E-state index contributed by atoms with van der Waals surface area (Å²) in [5.74, 6) is 0.520. The highest BCUT2D eigenvalue weighted by molar-refractivity contribution is 7.09. The first kappa shape index (κ1) is 12.1. The molecule has 0 spiro atoms. The number of hydrogen-bond donors (Lipinski definition) is 1. The lowest BCUT2D eigenvalue weighted by Gasteiger charge is -2.17. The molecule has 0 unspecified atom stereocenters. The van der Waals surface area contributed by atoms with Crippen molar-refractivity contribution in [3.05, 3.63) is 44.1 Å². The van der Waals surface area contributed by atoms with Crippen LogP contribution in [0.3, 0.4) is 0 Å². The maximum Gasteiger partial charge on any atom is 0.271 e. The molecule has 2 rings (SSSR count). The Morgan fingerprint density at radius 3 is 3.12 bits per heavy atom. The van der Waals surface area contributed by atoms with Crippen LogP contribution in [0.5, 0.6) is 0 Å². The van der Waals surface area contributed by atoms with Crippen LogP contribution in [0, 0.1) is 0 Å². The number of hydrogen-bond acceptors (Lipinski definition) is 4. The summed E-state index contributed by atoms with van der Waals surface area (Å²) in [6.45, 7) is 0.774. The van der Waals surface area contributed by atoms with Crippen LogP contribution in [-0.2, 0) is 6.42 Å². The lowest BCUT2D eigenvalue weighted by atomic mass is 10.3. The van der Waals surface area contributed by atoms with Crippen molar-refractivity contribution in [1.29, 1.82) is 0 Å². The second-order valence-corrected chi connectivity index (χ2v) is 5.03. The largest absolute Gasteiger partial charge is 0.358 e. The van der Waals surface area contributed by atoms with E-state index in [9.17, 15) is 4.79 Å². The fourth-order valence-electron chi connectivity index (χ4n) is 1.48. The summed E-state index contributed by atoms with van der Waals surface area (Å²) in [6.07, 6.45) is 2.28. The summed E-state index contributed by atoms with van der Waals surface area (Å²) < 4.78 is 0. The Hall–Kier alpha value is -1.33. The van der Waals surface area contributed by atoms with Crippen molar-refractivity contribution in [3.63, 3.8) is 0 Å². The first-order valence-corrected chi connectivity index (χ1v) is 6.41. The van der Waals surface area contributed by atoms with Crippen LogP contribution in [0.2, 0.25) is 5.02 Å². The number of aromatic amines is 1. The molecule has 0 bridgehead atoms. The van der Waals surface area contributed by atoms with Gasteiger partial charge in [0.2, 0.25) is 0 Å². The Kier molecular flexibility index (Phi) is 3.81. The minimum absolute atomic E-state index is 0.140. The fraction of sp³-hybridized carbons (Fsp3) is 0.273. The Bertz CT molecular complexity index is 538. The van der Waals surface area contributed by atoms with Gasteiger partial charge in [-0.1, -0.05) is 17.7 Å². The molecule has 0 saturated heterocycles. The zero-order chi connectivity index (χ0) is 12.3. The molecule has 1 N–H and O–H groups in total. The van der Waals surface area contributed by atoms with Crippen molar-refractivity contribution < 1.29 is 0 Å². The number of H-pyrrole nitrogens is 1. The van der Waals surface area contributed by atoms with Crippen LogP contribution < -0.4 is 10.5 Å². The number of likely N-dealkylation sites (N-methyl/N-ethyl adjacent to an activating group) is 1. The van der Waals surface area contributed by atoms with E-state index in [0.717, 1.165) is 13.0 Å². The minimum atomic E-state index is -0.306. The molecule has 0 amide bonds. The molecule has 0 aliphatic heterocycles. The number of thiophene rings is 1. The van der Waals surface area contributed by atoms with Gasteiger partial charge in [0.25, 0.3) is 5.56 Å². The molecule has 0 radical (unpaired) electrons. The third kappa shape index (κ3) is 2.87. The third-order valence-corrected chi connectivity index (χ3v) is 3.69. The van der Waals surface area contributed by atoms with Crippen molar-refractivity contribution in [2.75, 3.05) is 18.5 Å². The van der Waals surface area contributed by atoms with Crippen molar-refractivity contribution in [3.8, 4) is 0 Å². The zero-order valence-electron chi connectivity index (χ0n) is 9.31. The monoisotopic (exact) mass is 269 g/mol. The van der Waals surface area contributed by atoms with Gasteiger partial charge in [-0.25, -0.2) is 4.98 Å². The molecule has 0 fully saturated rings. The zero-order valence-corrected chi connectivity index (χ0v) is 10.9. The normalized spacial score (nSPS) is 10.5. The lowest BCUT2D eigenvalue weighted by molar-refractivity contribution is 0.861. The molecule has 0 aliphatic carbocycles.